The fraction of sp³-hybridized carbons (Fsp3) is 0.280. The normalized spacial score (nSPS) is 11.7. The molecule has 0 saturated heterocycles. The average molecular weight is 419 g/mol. The summed E-state index contributed by atoms with van der Waals surface area (Å²) in [6.07, 6.45) is 0.882. The van der Waals surface area contributed by atoms with Gasteiger partial charge in [0, 0.05) is 19.6 Å². The van der Waals surface area contributed by atoms with Crippen molar-refractivity contribution in [1.82, 2.24) is 10.6 Å². The Balaban J connectivity index is 1.81. The molecule has 3 aromatic carbocycles. The summed E-state index contributed by atoms with van der Waals surface area (Å²) in [5, 5.41) is 8.13. The number of likely N-dealkylation sites (N-methyl/N-ethyl adjacent to an activating group) is 2. The summed E-state index contributed by atoms with van der Waals surface area (Å²) in [4.78, 5) is 27.8. The van der Waals surface area contributed by atoms with Gasteiger partial charge in [-0.2, -0.15) is 0 Å². The zero-order chi connectivity index (χ0) is 22.2. The molecule has 2 N–H and O–H groups in total. The van der Waals surface area contributed by atoms with E-state index in [-0.39, 0.29) is 18.5 Å². The SMILES string of the molecule is CNCC(=O)NC(C)CN(C)c1ccccc1N(C=O)Cc1cccc2ccccc12. The molecule has 0 heterocycles. The molecule has 0 aliphatic rings. The van der Waals surface area contributed by atoms with Gasteiger partial charge in [0.2, 0.25) is 12.3 Å². The van der Waals surface area contributed by atoms with Crippen LogP contribution in [0.1, 0.15) is 12.5 Å². The second-order valence-corrected chi connectivity index (χ2v) is 7.74. The summed E-state index contributed by atoms with van der Waals surface area (Å²) < 4.78 is 0. The molecule has 0 radical (unpaired) electrons. The monoisotopic (exact) mass is 418 g/mol. The third kappa shape index (κ3) is 5.61. The van der Waals surface area contributed by atoms with Gasteiger partial charge in [-0.1, -0.05) is 54.6 Å². The molecule has 1 atom stereocenters. The van der Waals surface area contributed by atoms with Gasteiger partial charge in [0.05, 0.1) is 24.5 Å². The van der Waals surface area contributed by atoms with Crippen molar-refractivity contribution in [3.8, 4) is 0 Å². The van der Waals surface area contributed by atoms with Gasteiger partial charge in [0.15, 0.2) is 0 Å². The number of carbonyl (C=O) groups excluding carboxylic acids is 2. The van der Waals surface area contributed by atoms with Crippen LogP contribution in [0.4, 0.5) is 11.4 Å². The van der Waals surface area contributed by atoms with Gasteiger partial charge in [-0.15, -0.1) is 0 Å². The van der Waals surface area contributed by atoms with Crippen LogP contribution in [0, 0.1) is 0 Å². The molecule has 0 bridgehead atoms. The van der Waals surface area contributed by atoms with Crippen molar-refractivity contribution in [2.45, 2.75) is 19.5 Å². The quantitative estimate of drug-likeness (QED) is 0.497. The second-order valence-electron chi connectivity index (χ2n) is 7.74. The van der Waals surface area contributed by atoms with Crippen LogP contribution in [-0.4, -0.2) is 45.5 Å². The molecular formula is C25H30N4O2. The molecule has 3 aromatic rings. The molecule has 2 amide bonds. The lowest BCUT2D eigenvalue weighted by molar-refractivity contribution is -0.120. The van der Waals surface area contributed by atoms with Gasteiger partial charge in [-0.05, 0) is 42.4 Å². The maximum absolute atomic E-state index is 12.1. The summed E-state index contributed by atoms with van der Waals surface area (Å²) in [6.45, 7) is 3.35. The maximum Gasteiger partial charge on any atom is 0.234 e. The van der Waals surface area contributed by atoms with E-state index in [1.54, 1.807) is 11.9 Å². The largest absolute Gasteiger partial charge is 0.371 e. The minimum absolute atomic E-state index is 0.0397. The zero-order valence-electron chi connectivity index (χ0n) is 18.3. The number of hydrogen-bond donors (Lipinski definition) is 2. The Morgan fingerprint density at radius 3 is 2.42 bits per heavy atom. The minimum Gasteiger partial charge on any atom is -0.371 e. The van der Waals surface area contributed by atoms with Gasteiger partial charge in [0.1, 0.15) is 0 Å². The van der Waals surface area contributed by atoms with Gasteiger partial charge >= 0.3 is 0 Å². The number of hydrogen-bond acceptors (Lipinski definition) is 4. The second kappa shape index (κ2) is 10.6. The Labute approximate surface area is 183 Å². The number of para-hydroxylation sites is 2. The van der Waals surface area contributed by atoms with Crippen molar-refractivity contribution in [1.29, 1.82) is 0 Å². The molecule has 1 unspecified atom stereocenters. The Morgan fingerprint density at radius 1 is 1.00 bits per heavy atom. The lowest BCUT2D eigenvalue weighted by Gasteiger charge is -2.29. The van der Waals surface area contributed by atoms with Crippen molar-refractivity contribution in [2.75, 3.05) is 37.0 Å². The van der Waals surface area contributed by atoms with Crippen LogP contribution in [0.5, 0.6) is 0 Å². The van der Waals surface area contributed by atoms with Gasteiger partial charge in [0.25, 0.3) is 0 Å². The van der Waals surface area contributed by atoms with Crippen LogP contribution in [0.25, 0.3) is 10.8 Å². The fourth-order valence-electron chi connectivity index (χ4n) is 3.86. The third-order valence-corrected chi connectivity index (χ3v) is 5.24. The van der Waals surface area contributed by atoms with Crippen LogP contribution < -0.4 is 20.4 Å². The van der Waals surface area contributed by atoms with E-state index in [4.69, 9.17) is 0 Å². The van der Waals surface area contributed by atoms with Gasteiger partial charge < -0.3 is 20.4 Å². The first-order chi connectivity index (χ1) is 15.0. The smallest absolute Gasteiger partial charge is 0.234 e. The number of rotatable bonds is 10. The average Bonchev–Trinajstić information content (AvgIpc) is 2.77. The highest BCUT2D eigenvalue weighted by molar-refractivity contribution is 5.88. The first-order valence-corrected chi connectivity index (χ1v) is 10.5. The molecule has 3 rings (SSSR count). The van der Waals surface area contributed by atoms with E-state index < -0.39 is 0 Å². The maximum atomic E-state index is 12.1. The van der Waals surface area contributed by atoms with Crippen LogP contribution in [0.15, 0.2) is 66.7 Å². The first kappa shape index (κ1) is 22.3. The van der Waals surface area contributed by atoms with Gasteiger partial charge in [-0.25, -0.2) is 0 Å². The van der Waals surface area contributed by atoms with E-state index in [2.05, 4.69) is 39.8 Å². The van der Waals surface area contributed by atoms with Crippen LogP contribution in [0.2, 0.25) is 0 Å². The Morgan fingerprint density at radius 2 is 1.68 bits per heavy atom. The molecule has 31 heavy (non-hydrogen) atoms. The Bertz CT molecular complexity index is 1030. The van der Waals surface area contributed by atoms with E-state index >= 15 is 0 Å². The number of anilines is 2. The van der Waals surface area contributed by atoms with Crippen molar-refractivity contribution < 1.29 is 9.59 Å². The molecule has 162 valence electrons. The van der Waals surface area contributed by atoms with Crippen LogP contribution in [-0.2, 0) is 16.1 Å². The van der Waals surface area contributed by atoms with E-state index in [0.717, 1.165) is 34.1 Å². The van der Waals surface area contributed by atoms with Crippen molar-refractivity contribution >= 4 is 34.5 Å². The zero-order valence-corrected chi connectivity index (χ0v) is 18.3. The molecule has 6 heteroatoms. The molecule has 0 fully saturated rings. The van der Waals surface area contributed by atoms with E-state index in [1.807, 2.05) is 56.4 Å². The number of carbonyl (C=O) groups is 2. The predicted octanol–water partition coefficient (Wildman–Crippen LogP) is 3.16. The molecule has 0 aliphatic carbocycles. The van der Waals surface area contributed by atoms with Crippen LogP contribution in [0.3, 0.4) is 0 Å². The standard InChI is InChI=1S/C25H30N4O2/c1-19(27-25(31)15-26-2)16-28(3)23-13-6-7-14-24(23)29(18-30)17-21-11-8-10-20-9-4-5-12-22(20)21/h4-14,18-19,26H,15-17H2,1-3H3,(H,27,31). The van der Waals surface area contributed by atoms with Crippen LogP contribution >= 0.6 is 0 Å². The van der Waals surface area contributed by atoms with E-state index in [0.29, 0.717) is 13.1 Å². The van der Waals surface area contributed by atoms with Crippen molar-refractivity contribution in [2.24, 2.45) is 0 Å². The molecule has 0 aromatic heterocycles. The van der Waals surface area contributed by atoms with Gasteiger partial charge in [-0.3, -0.25) is 9.59 Å². The highest BCUT2D eigenvalue weighted by atomic mass is 16.2. The third-order valence-electron chi connectivity index (χ3n) is 5.24. The Hall–Kier alpha value is -3.38. The van der Waals surface area contributed by atoms with Crippen molar-refractivity contribution in [3.05, 3.63) is 72.3 Å². The number of benzene rings is 3. The summed E-state index contributed by atoms with van der Waals surface area (Å²) >= 11 is 0. The minimum atomic E-state index is -0.0401. The first-order valence-electron chi connectivity index (χ1n) is 10.5. The fourth-order valence-corrected chi connectivity index (χ4v) is 3.86. The topological polar surface area (TPSA) is 64.7 Å². The van der Waals surface area contributed by atoms with Crippen molar-refractivity contribution in [3.63, 3.8) is 0 Å². The lowest BCUT2D eigenvalue weighted by Crippen LogP contribution is -2.44. The molecule has 0 spiro atoms. The molecule has 0 saturated carbocycles. The number of amides is 2. The van der Waals surface area contributed by atoms with E-state index in [1.165, 1.54) is 0 Å². The summed E-state index contributed by atoms with van der Waals surface area (Å²) in [6, 6.07) is 22.2. The summed E-state index contributed by atoms with van der Waals surface area (Å²) in [5.41, 5.74) is 2.86. The highest BCUT2D eigenvalue weighted by Crippen LogP contribution is 2.30. The van der Waals surface area contributed by atoms with E-state index in [9.17, 15) is 9.59 Å². The summed E-state index contributed by atoms with van der Waals surface area (Å²) in [7, 11) is 3.72. The number of nitrogens with zero attached hydrogens (tertiary/aromatic N) is 2. The summed E-state index contributed by atoms with van der Waals surface area (Å²) in [5.74, 6) is -0.0397. The molecule has 6 nitrogen and oxygen atoms in total. The Kier molecular flexibility index (Phi) is 7.62. The lowest BCUT2D eigenvalue weighted by atomic mass is 10.0. The predicted molar refractivity (Wildman–Crippen MR) is 127 cm³/mol. The molecular weight excluding hydrogens is 388 g/mol. The number of fused-ring (bicyclic) bond motifs is 1. The molecule has 0 aliphatic heterocycles. The highest BCUT2D eigenvalue weighted by Gasteiger charge is 2.17. The number of nitrogens with one attached hydrogen (secondary N) is 2.